The van der Waals surface area contributed by atoms with E-state index < -0.39 is 0 Å². The normalized spacial score (nSPS) is 13.9. The van der Waals surface area contributed by atoms with Gasteiger partial charge in [-0.05, 0) is 37.8 Å². The van der Waals surface area contributed by atoms with Crippen LogP contribution in [0.5, 0.6) is 11.6 Å². The van der Waals surface area contributed by atoms with Gasteiger partial charge < -0.3 is 10.5 Å². The largest absolute Gasteiger partial charge is 0.437 e. The van der Waals surface area contributed by atoms with Crippen molar-refractivity contribution in [3.05, 3.63) is 40.8 Å². The molecule has 2 aromatic rings. The van der Waals surface area contributed by atoms with Gasteiger partial charge in [-0.3, -0.25) is 0 Å². The van der Waals surface area contributed by atoms with Crippen LogP contribution in [0.25, 0.3) is 0 Å². The summed E-state index contributed by atoms with van der Waals surface area (Å²) in [4.78, 5) is 8.54. The Hall–Kier alpha value is -1.81. The van der Waals surface area contributed by atoms with Crippen molar-refractivity contribution in [2.45, 2.75) is 25.7 Å². The second-order valence-electron chi connectivity index (χ2n) is 4.60. The maximum atomic E-state index is 6.11. The van der Waals surface area contributed by atoms with Crippen LogP contribution in [0.1, 0.15) is 24.1 Å². The molecule has 0 fully saturated rings. The maximum Gasteiger partial charge on any atom is 0.225 e. The first kappa shape index (κ1) is 12.2. The summed E-state index contributed by atoms with van der Waals surface area (Å²) in [7, 11) is 0. The van der Waals surface area contributed by atoms with E-state index in [2.05, 4.69) is 9.97 Å². The van der Waals surface area contributed by atoms with Crippen molar-refractivity contribution in [2.75, 3.05) is 5.73 Å². The Morgan fingerprint density at radius 3 is 2.89 bits per heavy atom. The molecule has 4 nitrogen and oxygen atoms in total. The lowest BCUT2D eigenvalue weighted by atomic mass is 9.97. The van der Waals surface area contributed by atoms with E-state index in [0.717, 1.165) is 30.5 Å². The highest BCUT2D eigenvalue weighted by Gasteiger charge is 2.17. The minimum absolute atomic E-state index is 0.525. The molecule has 0 aliphatic heterocycles. The van der Waals surface area contributed by atoms with Crippen LogP contribution in [-0.2, 0) is 12.8 Å². The van der Waals surface area contributed by atoms with Crippen molar-refractivity contribution >= 4 is 17.3 Å². The van der Waals surface area contributed by atoms with Gasteiger partial charge in [0.25, 0.3) is 0 Å². The number of nitrogens with zero attached hydrogens (tertiary/aromatic N) is 2. The first-order chi connectivity index (χ1) is 9.24. The fraction of sp³-hybridized carbons (Fsp3) is 0.286. The molecule has 2 N–H and O–H groups in total. The standard InChI is InChI=1S/C14H14ClN3O/c15-11-6-5-9(16)7-13(11)19-14-10-3-1-2-4-12(10)17-8-18-14/h5-8H,1-4,16H2. The molecular formula is C14H14ClN3O. The number of anilines is 1. The van der Waals surface area contributed by atoms with Crippen LogP contribution < -0.4 is 10.5 Å². The number of aryl methyl sites for hydroxylation is 1. The molecule has 3 rings (SSSR count). The highest BCUT2D eigenvalue weighted by Crippen LogP contribution is 2.34. The molecule has 0 amide bonds. The molecule has 0 saturated carbocycles. The Kier molecular flexibility index (Phi) is 3.25. The Balaban J connectivity index is 1.97. The molecule has 5 heteroatoms. The van der Waals surface area contributed by atoms with Crippen molar-refractivity contribution in [1.82, 2.24) is 9.97 Å². The van der Waals surface area contributed by atoms with Crippen LogP contribution in [0.2, 0.25) is 5.02 Å². The van der Waals surface area contributed by atoms with Crippen molar-refractivity contribution < 1.29 is 4.74 Å². The summed E-state index contributed by atoms with van der Waals surface area (Å²) in [5.41, 5.74) is 8.53. The SMILES string of the molecule is Nc1ccc(Cl)c(Oc2ncnc3c2CCCC3)c1. The number of ether oxygens (including phenoxy) is 1. The average Bonchev–Trinajstić information content (AvgIpc) is 2.43. The number of halogens is 1. The zero-order valence-electron chi connectivity index (χ0n) is 10.4. The van der Waals surface area contributed by atoms with Gasteiger partial charge >= 0.3 is 0 Å². The van der Waals surface area contributed by atoms with Gasteiger partial charge in [-0.2, -0.15) is 0 Å². The molecule has 1 heterocycles. The molecule has 0 radical (unpaired) electrons. The highest BCUT2D eigenvalue weighted by molar-refractivity contribution is 6.32. The third-order valence-electron chi connectivity index (χ3n) is 3.25. The zero-order chi connectivity index (χ0) is 13.2. The average molecular weight is 276 g/mol. The molecule has 0 spiro atoms. The van der Waals surface area contributed by atoms with Gasteiger partial charge in [0.1, 0.15) is 12.1 Å². The van der Waals surface area contributed by atoms with Crippen molar-refractivity contribution in [3.8, 4) is 11.6 Å². The molecule has 0 bridgehead atoms. The molecule has 0 unspecified atom stereocenters. The van der Waals surface area contributed by atoms with E-state index in [1.807, 2.05) is 0 Å². The molecule has 1 aromatic heterocycles. The van der Waals surface area contributed by atoms with Crippen molar-refractivity contribution in [2.24, 2.45) is 0 Å². The summed E-state index contributed by atoms with van der Waals surface area (Å²) in [5.74, 6) is 1.13. The van der Waals surface area contributed by atoms with Gasteiger partial charge in [-0.15, -0.1) is 0 Å². The number of rotatable bonds is 2. The fourth-order valence-electron chi connectivity index (χ4n) is 2.28. The van der Waals surface area contributed by atoms with E-state index in [-0.39, 0.29) is 0 Å². The zero-order valence-corrected chi connectivity index (χ0v) is 11.2. The van der Waals surface area contributed by atoms with Crippen LogP contribution >= 0.6 is 11.6 Å². The second kappa shape index (κ2) is 5.05. The molecule has 1 aromatic carbocycles. The van der Waals surface area contributed by atoms with Gasteiger partial charge in [0.05, 0.1) is 10.7 Å². The third-order valence-corrected chi connectivity index (χ3v) is 3.56. The first-order valence-corrected chi connectivity index (χ1v) is 6.67. The monoisotopic (exact) mass is 275 g/mol. The van der Waals surface area contributed by atoms with Crippen LogP contribution in [0.3, 0.4) is 0 Å². The molecular weight excluding hydrogens is 262 g/mol. The van der Waals surface area contributed by atoms with Crippen LogP contribution in [-0.4, -0.2) is 9.97 Å². The maximum absolute atomic E-state index is 6.11. The number of nitrogen functional groups attached to an aromatic ring is 1. The van der Waals surface area contributed by atoms with Crippen molar-refractivity contribution in [1.29, 1.82) is 0 Å². The van der Waals surface area contributed by atoms with E-state index in [0.29, 0.717) is 22.3 Å². The van der Waals surface area contributed by atoms with Crippen LogP contribution in [0.15, 0.2) is 24.5 Å². The summed E-state index contributed by atoms with van der Waals surface area (Å²) in [6, 6.07) is 5.17. The van der Waals surface area contributed by atoms with Gasteiger partial charge in [0.15, 0.2) is 0 Å². The summed E-state index contributed by atoms with van der Waals surface area (Å²) in [5, 5.41) is 0.525. The number of fused-ring (bicyclic) bond motifs is 1. The van der Waals surface area contributed by atoms with E-state index >= 15 is 0 Å². The summed E-state index contributed by atoms with van der Waals surface area (Å²) < 4.78 is 5.83. The van der Waals surface area contributed by atoms with E-state index in [1.165, 1.54) is 6.42 Å². The fourth-order valence-corrected chi connectivity index (χ4v) is 2.44. The summed E-state index contributed by atoms with van der Waals surface area (Å²) in [6.45, 7) is 0. The lowest BCUT2D eigenvalue weighted by molar-refractivity contribution is 0.447. The summed E-state index contributed by atoms with van der Waals surface area (Å²) >= 11 is 6.11. The smallest absolute Gasteiger partial charge is 0.225 e. The quantitative estimate of drug-likeness (QED) is 0.854. The molecule has 1 aliphatic carbocycles. The topological polar surface area (TPSA) is 61.0 Å². The van der Waals surface area contributed by atoms with Gasteiger partial charge in [-0.25, -0.2) is 9.97 Å². The van der Waals surface area contributed by atoms with E-state index in [4.69, 9.17) is 22.1 Å². The van der Waals surface area contributed by atoms with Crippen molar-refractivity contribution in [3.63, 3.8) is 0 Å². The number of aromatic nitrogens is 2. The molecule has 1 aliphatic rings. The number of nitrogens with two attached hydrogens (primary N) is 1. The van der Waals surface area contributed by atoms with Gasteiger partial charge in [0, 0.05) is 17.3 Å². The number of benzene rings is 1. The minimum Gasteiger partial charge on any atom is -0.437 e. The molecule has 19 heavy (non-hydrogen) atoms. The number of hydrogen-bond acceptors (Lipinski definition) is 4. The summed E-state index contributed by atoms with van der Waals surface area (Å²) in [6.07, 6.45) is 5.79. The van der Waals surface area contributed by atoms with E-state index in [1.54, 1.807) is 24.5 Å². The first-order valence-electron chi connectivity index (χ1n) is 6.29. The van der Waals surface area contributed by atoms with Gasteiger partial charge in [0.2, 0.25) is 5.88 Å². The van der Waals surface area contributed by atoms with E-state index in [9.17, 15) is 0 Å². The lowest BCUT2D eigenvalue weighted by Gasteiger charge is -2.17. The Labute approximate surface area is 116 Å². The Bertz CT molecular complexity index is 616. The Morgan fingerprint density at radius 2 is 2.00 bits per heavy atom. The highest BCUT2D eigenvalue weighted by atomic mass is 35.5. The predicted octanol–water partition coefficient (Wildman–Crippen LogP) is 3.38. The predicted molar refractivity (Wildman–Crippen MR) is 74.6 cm³/mol. The molecule has 98 valence electrons. The number of hydrogen-bond donors (Lipinski definition) is 1. The van der Waals surface area contributed by atoms with Gasteiger partial charge in [-0.1, -0.05) is 11.6 Å². The minimum atomic E-state index is 0.525. The molecule has 0 atom stereocenters. The van der Waals surface area contributed by atoms with Crippen LogP contribution in [0.4, 0.5) is 5.69 Å². The lowest BCUT2D eigenvalue weighted by Crippen LogP contribution is -2.08. The third kappa shape index (κ3) is 2.49. The second-order valence-corrected chi connectivity index (χ2v) is 5.01. The van der Waals surface area contributed by atoms with Crippen LogP contribution in [0, 0.1) is 0 Å². The molecule has 0 saturated heterocycles. The Morgan fingerprint density at radius 1 is 1.16 bits per heavy atom.